The second kappa shape index (κ2) is 8.36. The number of amides is 1. The molecule has 1 aliphatic rings. The van der Waals surface area contributed by atoms with Crippen LogP contribution in [-0.4, -0.2) is 62.4 Å². The third-order valence-corrected chi connectivity index (χ3v) is 12.0. The van der Waals surface area contributed by atoms with Gasteiger partial charge < -0.3 is 14.7 Å². The van der Waals surface area contributed by atoms with Crippen LogP contribution in [0, 0.1) is 0 Å². The van der Waals surface area contributed by atoms with Gasteiger partial charge in [0.1, 0.15) is 5.72 Å². The number of sulfone groups is 1. The summed E-state index contributed by atoms with van der Waals surface area (Å²) in [6, 6.07) is 6.90. The van der Waals surface area contributed by atoms with E-state index in [0.29, 0.717) is 0 Å². The Bertz CT molecular complexity index is 948. The molecular weight excluding hydrogens is 422 g/mol. The predicted octanol–water partition coefficient (Wildman–Crippen LogP) is 3.07. The molecule has 1 aromatic carbocycles. The fourth-order valence-corrected chi connectivity index (χ4v) is 5.18. The highest BCUT2D eigenvalue weighted by molar-refractivity contribution is 8.08. The summed E-state index contributed by atoms with van der Waals surface area (Å²) < 4.78 is 37.9. The summed E-state index contributed by atoms with van der Waals surface area (Å²) in [6.45, 7) is 14.3. The smallest absolute Gasteiger partial charge is 0.415 e. The molecule has 0 saturated carbocycles. The standard InChI is InChI=1S/C20H31N3O5SSi/c1-19(2,3)30(6,7)28-14-15-13-27-20(4,5)23(15)18(24)17(22-21)29(25,26)16-11-9-8-10-12-16/h8-12,15H,13-14H2,1-7H3/t15-/m0/s1. The van der Waals surface area contributed by atoms with Crippen LogP contribution in [0.25, 0.3) is 5.53 Å². The highest BCUT2D eigenvalue weighted by Gasteiger charge is 2.52. The van der Waals surface area contributed by atoms with E-state index < -0.39 is 40.9 Å². The van der Waals surface area contributed by atoms with Gasteiger partial charge >= 0.3 is 11.0 Å². The Morgan fingerprint density at radius 3 is 2.37 bits per heavy atom. The molecule has 10 heteroatoms. The summed E-state index contributed by atoms with van der Waals surface area (Å²) in [6.07, 6.45) is 0. The molecule has 1 aromatic rings. The Hall–Kier alpha value is -1.84. The van der Waals surface area contributed by atoms with E-state index in [1.165, 1.54) is 29.2 Å². The first-order valence-electron chi connectivity index (χ1n) is 9.79. The van der Waals surface area contributed by atoms with E-state index >= 15 is 0 Å². The second-order valence-corrected chi connectivity index (χ2v) is 16.1. The zero-order valence-corrected chi connectivity index (χ0v) is 20.5. The molecule has 1 aliphatic heterocycles. The lowest BCUT2D eigenvalue weighted by Gasteiger charge is -2.38. The molecule has 0 bridgehead atoms. The Morgan fingerprint density at radius 2 is 1.87 bits per heavy atom. The van der Waals surface area contributed by atoms with Crippen LogP contribution in [0.1, 0.15) is 34.6 Å². The van der Waals surface area contributed by atoms with Crippen LogP contribution in [0.4, 0.5) is 0 Å². The molecule has 2 rings (SSSR count). The van der Waals surface area contributed by atoms with Crippen molar-refractivity contribution in [2.75, 3.05) is 13.2 Å². The summed E-state index contributed by atoms with van der Waals surface area (Å²) in [5, 5.41) is -0.963. The van der Waals surface area contributed by atoms with Gasteiger partial charge in [0.2, 0.25) is 0 Å². The molecule has 0 N–H and O–H groups in total. The van der Waals surface area contributed by atoms with E-state index in [9.17, 15) is 18.7 Å². The molecule has 0 aliphatic carbocycles. The zero-order chi connectivity index (χ0) is 23.0. The van der Waals surface area contributed by atoms with Gasteiger partial charge in [-0.25, -0.2) is 8.42 Å². The van der Waals surface area contributed by atoms with Gasteiger partial charge in [-0.15, -0.1) is 4.79 Å². The number of carbonyl (C=O) groups excluding carboxylic acids is 1. The average Bonchev–Trinajstić information content (AvgIpc) is 2.94. The van der Waals surface area contributed by atoms with Gasteiger partial charge in [-0.2, -0.15) is 0 Å². The molecule has 1 heterocycles. The van der Waals surface area contributed by atoms with E-state index in [1.54, 1.807) is 19.9 Å². The number of benzene rings is 1. The van der Waals surface area contributed by atoms with Gasteiger partial charge in [0.25, 0.3) is 9.84 Å². The van der Waals surface area contributed by atoms with E-state index in [0.717, 1.165) is 0 Å². The normalized spacial score (nSPS) is 19.4. The van der Waals surface area contributed by atoms with E-state index in [2.05, 4.69) is 38.7 Å². The van der Waals surface area contributed by atoms with Crippen molar-refractivity contribution in [2.45, 2.75) is 69.4 Å². The maximum Gasteiger partial charge on any atom is 0.473 e. The minimum atomic E-state index is -4.31. The highest BCUT2D eigenvalue weighted by Crippen LogP contribution is 2.37. The molecule has 0 unspecified atom stereocenters. The number of rotatable bonds is 4. The van der Waals surface area contributed by atoms with Crippen LogP contribution < -0.4 is 0 Å². The van der Waals surface area contributed by atoms with Gasteiger partial charge in [-0.3, -0.25) is 9.69 Å². The molecule has 1 saturated heterocycles. The lowest BCUT2D eigenvalue weighted by atomic mass is 10.2. The number of carbonyl (C=O) groups is 1. The van der Waals surface area contributed by atoms with Gasteiger partial charge in [0.15, 0.2) is 8.32 Å². The van der Waals surface area contributed by atoms with Crippen LogP contribution in [0.3, 0.4) is 0 Å². The summed E-state index contributed by atoms with van der Waals surface area (Å²) in [5.41, 5.74) is 8.39. The molecule has 0 aromatic heterocycles. The van der Waals surface area contributed by atoms with E-state index in [-0.39, 0.29) is 23.1 Å². The molecule has 0 spiro atoms. The zero-order valence-electron chi connectivity index (χ0n) is 18.7. The summed E-state index contributed by atoms with van der Waals surface area (Å²) in [7, 11) is -6.41. The SMILES string of the molecule is CC1(C)OC[C@@H](CO[Si](C)(C)C(C)(C)C)N1C(=O)C(=[N+]=[N-])S(=O)(=O)c1ccccc1. The molecule has 1 atom stereocenters. The topological polar surface area (TPSA) is 109 Å². The van der Waals surface area contributed by atoms with Gasteiger partial charge in [-0.1, -0.05) is 39.0 Å². The van der Waals surface area contributed by atoms with Crippen LogP contribution >= 0.6 is 0 Å². The van der Waals surface area contributed by atoms with Crippen molar-refractivity contribution in [3.05, 3.63) is 35.9 Å². The fraction of sp³-hybridized carbons (Fsp3) is 0.600. The third kappa shape index (κ3) is 4.73. The van der Waals surface area contributed by atoms with Crippen molar-refractivity contribution in [2.24, 2.45) is 0 Å². The van der Waals surface area contributed by atoms with E-state index in [1.807, 2.05) is 0 Å². The average molecular weight is 454 g/mol. The van der Waals surface area contributed by atoms with Crippen LogP contribution in [0.5, 0.6) is 0 Å². The maximum absolute atomic E-state index is 13.3. The Balaban J connectivity index is 2.35. The summed E-state index contributed by atoms with van der Waals surface area (Å²) >= 11 is 0. The van der Waals surface area contributed by atoms with E-state index in [4.69, 9.17) is 9.16 Å². The lowest BCUT2D eigenvalue weighted by Crippen LogP contribution is -2.54. The van der Waals surface area contributed by atoms with Gasteiger partial charge in [-0.05, 0) is 44.1 Å². The lowest BCUT2D eigenvalue weighted by molar-refractivity contribution is -0.142. The fourth-order valence-electron chi connectivity index (χ4n) is 2.96. The van der Waals surface area contributed by atoms with Gasteiger partial charge in [0, 0.05) is 0 Å². The maximum atomic E-state index is 13.3. The first kappa shape index (κ1) is 24.4. The highest BCUT2D eigenvalue weighted by atomic mass is 32.2. The Kier molecular flexibility index (Phi) is 6.80. The van der Waals surface area contributed by atoms with Crippen molar-refractivity contribution in [1.29, 1.82) is 0 Å². The monoisotopic (exact) mass is 453 g/mol. The molecule has 8 nitrogen and oxygen atoms in total. The van der Waals surface area contributed by atoms with Gasteiger partial charge in [0.05, 0.1) is 24.2 Å². The van der Waals surface area contributed by atoms with Crippen molar-refractivity contribution >= 4 is 29.1 Å². The van der Waals surface area contributed by atoms with Crippen LogP contribution in [0.2, 0.25) is 18.1 Å². The predicted molar refractivity (Wildman–Crippen MR) is 116 cm³/mol. The Labute approximate surface area is 179 Å². The van der Waals surface area contributed by atoms with Crippen LogP contribution in [0.15, 0.2) is 35.2 Å². The molecule has 1 fully saturated rings. The Morgan fingerprint density at radius 1 is 1.30 bits per heavy atom. The van der Waals surface area contributed by atoms with Crippen molar-refractivity contribution in [3.63, 3.8) is 0 Å². The number of ether oxygens (including phenoxy) is 1. The quantitative estimate of drug-likeness (QED) is 0.229. The molecule has 30 heavy (non-hydrogen) atoms. The summed E-state index contributed by atoms with van der Waals surface area (Å²) in [5.74, 6) is -0.923. The molecule has 166 valence electrons. The largest absolute Gasteiger partial charge is 0.473 e. The number of hydrogen-bond donors (Lipinski definition) is 0. The third-order valence-electron chi connectivity index (χ3n) is 5.82. The van der Waals surface area contributed by atoms with Crippen molar-refractivity contribution in [1.82, 2.24) is 4.90 Å². The minimum Gasteiger partial charge on any atom is -0.415 e. The number of hydrogen-bond acceptors (Lipinski definition) is 5. The molecule has 0 radical (unpaired) electrons. The first-order chi connectivity index (χ1) is 13.6. The van der Waals surface area contributed by atoms with Crippen LogP contribution in [-0.2, 0) is 23.8 Å². The molecule has 1 amide bonds. The molecular formula is C20H31N3O5SSi. The minimum absolute atomic E-state index is 0.0226. The first-order valence-corrected chi connectivity index (χ1v) is 14.2. The second-order valence-electron chi connectivity index (χ2n) is 9.38. The summed E-state index contributed by atoms with van der Waals surface area (Å²) in [4.78, 5) is 17.3. The number of nitrogens with zero attached hydrogens (tertiary/aromatic N) is 3. The van der Waals surface area contributed by atoms with Crippen molar-refractivity contribution < 1.29 is 27.2 Å². The van der Waals surface area contributed by atoms with Crippen molar-refractivity contribution in [3.8, 4) is 0 Å².